The van der Waals surface area contributed by atoms with Crippen molar-refractivity contribution in [2.75, 3.05) is 7.05 Å². The molecule has 0 heterocycles. The lowest BCUT2D eigenvalue weighted by Gasteiger charge is -2.14. The van der Waals surface area contributed by atoms with Gasteiger partial charge >= 0.3 is 0 Å². The molecule has 28 heavy (non-hydrogen) atoms. The van der Waals surface area contributed by atoms with Gasteiger partial charge in [0.2, 0.25) is 0 Å². The number of hydrogen-bond acceptors (Lipinski definition) is 5. The second-order valence-electron chi connectivity index (χ2n) is 6.74. The monoisotopic (exact) mass is 377 g/mol. The van der Waals surface area contributed by atoms with Gasteiger partial charge in [0.25, 0.3) is 5.91 Å². The highest BCUT2D eigenvalue weighted by atomic mass is 16.1. The Morgan fingerprint density at radius 1 is 1.25 bits per heavy atom. The maximum absolute atomic E-state index is 12.6. The Balaban J connectivity index is 2.04. The number of benzene rings is 2. The maximum Gasteiger partial charge on any atom is 0.256 e. The van der Waals surface area contributed by atoms with Crippen molar-refractivity contribution in [2.45, 2.75) is 27.3 Å². The Morgan fingerprint density at radius 3 is 2.71 bits per heavy atom. The normalized spacial score (nSPS) is 12.6. The SMILES string of the molecule is CC(=Nc1ccccc1C)NC(=O)c1cccc(CN(C)/N=C/C(C)C=N)c1. The summed E-state index contributed by atoms with van der Waals surface area (Å²) < 4.78 is 0. The number of amidine groups is 1. The predicted molar refractivity (Wildman–Crippen MR) is 116 cm³/mol. The molecule has 0 saturated heterocycles. The maximum atomic E-state index is 12.6. The van der Waals surface area contributed by atoms with Gasteiger partial charge in [-0.1, -0.05) is 37.3 Å². The third-order valence-electron chi connectivity index (χ3n) is 4.06. The Labute approximate surface area is 166 Å². The number of hydrogen-bond donors (Lipinski definition) is 2. The van der Waals surface area contributed by atoms with Crippen molar-refractivity contribution < 1.29 is 4.79 Å². The molecule has 0 aliphatic rings. The molecule has 1 unspecified atom stereocenters. The fraction of sp³-hybridized carbons (Fsp3) is 0.273. The number of aryl methyl sites for hydroxylation is 1. The van der Waals surface area contributed by atoms with Crippen LogP contribution in [0.15, 0.2) is 58.6 Å². The first-order valence-electron chi connectivity index (χ1n) is 9.16. The Bertz CT molecular complexity index is 888. The lowest BCUT2D eigenvalue weighted by Crippen LogP contribution is -2.28. The molecule has 2 N–H and O–H groups in total. The minimum absolute atomic E-state index is 0.00456. The van der Waals surface area contributed by atoms with E-state index in [9.17, 15) is 4.79 Å². The average Bonchev–Trinajstić information content (AvgIpc) is 2.68. The average molecular weight is 377 g/mol. The van der Waals surface area contributed by atoms with E-state index in [-0.39, 0.29) is 11.8 Å². The fourth-order valence-electron chi connectivity index (χ4n) is 2.51. The van der Waals surface area contributed by atoms with Crippen molar-refractivity contribution in [3.05, 3.63) is 65.2 Å². The molecule has 2 aromatic rings. The summed E-state index contributed by atoms with van der Waals surface area (Å²) in [6, 6.07) is 15.2. The zero-order valence-corrected chi connectivity index (χ0v) is 16.8. The van der Waals surface area contributed by atoms with Gasteiger partial charge in [-0.2, -0.15) is 5.10 Å². The van der Waals surface area contributed by atoms with Gasteiger partial charge in [0.15, 0.2) is 0 Å². The molecule has 0 fully saturated rings. The molecule has 0 saturated carbocycles. The van der Waals surface area contributed by atoms with Crippen LogP contribution < -0.4 is 5.32 Å². The van der Waals surface area contributed by atoms with Gasteiger partial charge in [0, 0.05) is 31.0 Å². The van der Waals surface area contributed by atoms with Gasteiger partial charge in [-0.15, -0.1) is 0 Å². The molecular weight excluding hydrogens is 350 g/mol. The molecule has 0 aliphatic carbocycles. The van der Waals surface area contributed by atoms with Crippen LogP contribution in [0.3, 0.4) is 0 Å². The first-order chi connectivity index (χ1) is 13.4. The molecule has 2 rings (SSSR count). The minimum Gasteiger partial charge on any atom is -0.312 e. The van der Waals surface area contributed by atoms with E-state index in [2.05, 4.69) is 15.4 Å². The van der Waals surface area contributed by atoms with Crippen LogP contribution in [0.25, 0.3) is 0 Å². The Morgan fingerprint density at radius 2 is 2.00 bits per heavy atom. The lowest BCUT2D eigenvalue weighted by molar-refractivity contribution is 0.0976. The zero-order chi connectivity index (χ0) is 20.5. The number of hydrazone groups is 1. The topological polar surface area (TPSA) is 80.9 Å². The number of carbonyl (C=O) groups excluding carboxylic acids is 1. The van der Waals surface area contributed by atoms with Gasteiger partial charge < -0.3 is 10.7 Å². The summed E-state index contributed by atoms with van der Waals surface area (Å²) in [4.78, 5) is 17.0. The van der Waals surface area contributed by atoms with Crippen LogP contribution >= 0.6 is 0 Å². The van der Waals surface area contributed by atoms with Gasteiger partial charge in [0.05, 0.1) is 12.2 Å². The highest BCUT2D eigenvalue weighted by molar-refractivity contribution is 6.06. The van der Waals surface area contributed by atoms with Crippen molar-refractivity contribution in [3.63, 3.8) is 0 Å². The van der Waals surface area contributed by atoms with Gasteiger partial charge in [-0.05, 0) is 43.2 Å². The summed E-state index contributed by atoms with van der Waals surface area (Å²) in [5.41, 5.74) is 3.44. The van der Waals surface area contributed by atoms with Crippen LogP contribution in [0.2, 0.25) is 0 Å². The van der Waals surface area contributed by atoms with E-state index >= 15 is 0 Å². The molecule has 1 amide bonds. The van der Waals surface area contributed by atoms with Crippen molar-refractivity contribution in [1.82, 2.24) is 10.3 Å². The van der Waals surface area contributed by atoms with Crippen molar-refractivity contribution in [2.24, 2.45) is 16.0 Å². The molecular formula is C22H27N5O. The molecule has 0 spiro atoms. The van der Waals surface area contributed by atoms with Crippen molar-refractivity contribution in [1.29, 1.82) is 5.41 Å². The van der Waals surface area contributed by atoms with E-state index in [1.54, 1.807) is 24.2 Å². The van der Waals surface area contributed by atoms with E-state index in [0.29, 0.717) is 17.9 Å². The summed E-state index contributed by atoms with van der Waals surface area (Å²) in [5, 5.41) is 16.1. The van der Waals surface area contributed by atoms with Crippen LogP contribution in [0.4, 0.5) is 5.69 Å². The Kier molecular flexibility index (Phi) is 7.63. The molecule has 146 valence electrons. The molecule has 0 aromatic heterocycles. The van der Waals surface area contributed by atoms with E-state index in [1.165, 1.54) is 6.21 Å². The third kappa shape index (κ3) is 6.46. The first kappa shape index (κ1) is 21.0. The smallest absolute Gasteiger partial charge is 0.256 e. The van der Waals surface area contributed by atoms with Crippen LogP contribution in [-0.2, 0) is 6.54 Å². The van der Waals surface area contributed by atoms with Crippen LogP contribution in [0, 0.1) is 18.3 Å². The summed E-state index contributed by atoms with van der Waals surface area (Å²) >= 11 is 0. The number of carbonyl (C=O) groups is 1. The van der Waals surface area contributed by atoms with E-state index < -0.39 is 0 Å². The van der Waals surface area contributed by atoms with Crippen molar-refractivity contribution >= 4 is 29.9 Å². The summed E-state index contributed by atoms with van der Waals surface area (Å²) in [7, 11) is 1.86. The van der Waals surface area contributed by atoms with Gasteiger partial charge in [0.1, 0.15) is 5.84 Å². The Hall–Kier alpha value is -3.28. The van der Waals surface area contributed by atoms with Gasteiger partial charge in [-0.25, -0.2) is 4.99 Å². The number of nitrogens with one attached hydrogen (secondary N) is 2. The lowest BCUT2D eigenvalue weighted by atomic mass is 10.1. The largest absolute Gasteiger partial charge is 0.312 e. The minimum atomic E-state index is -0.194. The third-order valence-corrected chi connectivity index (χ3v) is 4.06. The summed E-state index contributed by atoms with van der Waals surface area (Å²) in [6.07, 6.45) is 3.05. The molecule has 0 radical (unpaired) electrons. The number of para-hydroxylation sites is 1. The van der Waals surface area contributed by atoms with Crippen LogP contribution in [0.1, 0.15) is 35.3 Å². The van der Waals surface area contributed by atoms with E-state index in [4.69, 9.17) is 5.41 Å². The number of aliphatic imine (C=N–C) groups is 1. The summed E-state index contributed by atoms with van der Waals surface area (Å²) in [5.74, 6) is 0.349. The molecule has 6 heteroatoms. The zero-order valence-electron chi connectivity index (χ0n) is 16.8. The fourth-order valence-corrected chi connectivity index (χ4v) is 2.51. The summed E-state index contributed by atoms with van der Waals surface area (Å²) in [6.45, 7) is 6.23. The second-order valence-corrected chi connectivity index (χ2v) is 6.74. The quantitative estimate of drug-likeness (QED) is 0.431. The second kappa shape index (κ2) is 10.2. The molecule has 0 bridgehead atoms. The molecule has 0 aliphatic heterocycles. The highest BCUT2D eigenvalue weighted by Gasteiger charge is 2.08. The highest BCUT2D eigenvalue weighted by Crippen LogP contribution is 2.17. The molecule has 1 atom stereocenters. The van der Waals surface area contributed by atoms with E-state index in [0.717, 1.165) is 16.8 Å². The van der Waals surface area contributed by atoms with Gasteiger partial charge in [-0.3, -0.25) is 9.80 Å². The van der Waals surface area contributed by atoms with E-state index in [1.807, 2.05) is 63.4 Å². The number of rotatable bonds is 7. The number of amides is 1. The van der Waals surface area contributed by atoms with Crippen LogP contribution in [-0.4, -0.2) is 36.2 Å². The molecule has 6 nitrogen and oxygen atoms in total. The molecule has 2 aromatic carbocycles. The first-order valence-corrected chi connectivity index (χ1v) is 9.16. The standard InChI is InChI=1S/C22H27N5O/c1-16(13-23)14-24-27(4)15-19-9-7-10-20(12-19)22(28)26-18(3)25-21-11-6-5-8-17(21)2/h5-14,16,23H,15H2,1-4H3,(H,25,26,28)/b23-13?,24-14+. The predicted octanol–water partition coefficient (Wildman–Crippen LogP) is 4.18. The number of nitrogens with zero attached hydrogens (tertiary/aromatic N) is 3. The van der Waals surface area contributed by atoms with Crippen molar-refractivity contribution in [3.8, 4) is 0 Å². The van der Waals surface area contributed by atoms with Crippen LogP contribution in [0.5, 0.6) is 0 Å².